The summed E-state index contributed by atoms with van der Waals surface area (Å²) in [4.78, 5) is 30.5. The number of likely N-dealkylation sites (tertiary alicyclic amines) is 1. The highest BCUT2D eigenvalue weighted by Crippen LogP contribution is 2.28. The van der Waals surface area contributed by atoms with Crippen LogP contribution in [0.5, 0.6) is 0 Å². The van der Waals surface area contributed by atoms with Gasteiger partial charge in [-0.2, -0.15) is 0 Å². The number of carbonyl (C=O) groups excluding carboxylic acids is 1. The van der Waals surface area contributed by atoms with Crippen LogP contribution in [-0.4, -0.2) is 57.5 Å². The van der Waals surface area contributed by atoms with Crippen LogP contribution in [-0.2, 0) is 6.54 Å². The quantitative estimate of drug-likeness (QED) is 0.383. The van der Waals surface area contributed by atoms with Gasteiger partial charge in [-0.25, -0.2) is 9.97 Å². The Morgan fingerprint density at radius 3 is 2.43 bits per heavy atom. The molecule has 1 unspecified atom stereocenters. The molecule has 1 amide bonds. The summed E-state index contributed by atoms with van der Waals surface area (Å²) < 4.78 is 1.09. The van der Waals surface area contributed by atoms with Crippen molar-refractivity contribution in [2.45, 2.75) is 65.6 Å². The lowest BCUT2D eigenvalue weighted by atomic mass is 9.99. The molecule has 3 heterocycles. The number of benzene rings is 1. The number of nitrogens with one attached hydrogen (secondary N) is 1. The van der Waals surface area contributed by atoms with Crippen molar-refractivity contribution in [1.29, 1.82) is 0 Å². The van der Waals surface area contributed by atoms with E-state index in [-0.39, 0.29) is 5.91 Å². The summed E-state index contributed by atoms with van der Waals surface area (Å²) >= 11 is 3.57. The molecule has 1 fully saturated rings. The number of rotatable bonds is 9. The highest BCUT2D eigenvalue weighted by Gasteiger charge is 2.27. The predicted octanol–water partition coefficient (Wildman–Crippen LogP) is 5.24. The SMILES string of the molecule is Cc1ccncc1CN(c1ccc(Br)cc1)C1CCN(C(C)CCNC(=O)c2c(C)ncnc2C)CC1. The van der Waals surface area contributed by atoms with Crippen LogP contribution in [0.25, 0.3) is 0 Å². The third kappa shape index (κ3) is 6.93. The number of nitrogens with zero attached hydrogens (tertiary/aromatic N) is 5. The molecule has 8 heteroatoms. The van der Waals surface area contributed by atoms with Gasteiger partial charge in [-0.1, -0.05) is 15.9 Å². The van der Waals surface area contributed by atoms with E-state index >= 15 is 0 Å². The third-order valence-electron chi connectivity index (χ3n) is 7.51. The molecule has 7 nitrogen and oxygen atoms in total. The van der Waals surface area contributed by atoms with Gasteiger partial charge in [0.15, 0.2) is 0 Å². The first-order valence-corrected chi connectivity index (χ1v) is 13.8. The fourth-order valence-electron chi connectivity index (χ4n) is 5.13. The minimum Gasteiger partial charge on any atom is -0.364 e. The lowest BCUT2D eigenvalue weighted by Crippen LogP contribution is -2.48. The molecule has 1 aromatic carbocycles. The van der Waals surface area contributed by atoms with Crippen LogP contribution in [0.2, 0.25) is 0 Å². The number of hydrogen-bond donors (Lipinski definition) is 1. The zero-order valence-corrected chi connectivity index (χ0v) is 23.8. The van der Waals surface area contributed by atoms with Crippen molar-refractivity contribution in [2.24, 2.45) is 0 Å². The maximum absolute atomic E-state index is 12.7. The van der Waals surface area contributed by atoms with Gasteiger partial charge in [-0.15, -0.1) is 0 Å². The molecule has 1 aliphatic heterocycles. The number of aryl methyl sites for hydroxylation is 3. The Balaban J connectivity index is 1.33. The highest BCUT2D eigenvalue weighted by molar-refractivity contribution is 9.10. The van der Waals surface area contributed by atoms with E-state index in [9.17, 15) is 4.79 Å². The van der Waals surface area contributed by atoms with E-state index in [1.54, 1.807) is 0 Å². The van der Waals surface area contributed by atoms with Crippen LogP contribution in [0.15, 0.2) is 53.5 Å². The van der Waals surface area contributed by atoms with E-state index in [1.165, 1.54) is 23.1 Å². The Labute approximate surface area is 228 Å². The molecule has 1 atom stereocenters. The van der Waals surface area contributed by atoms with Crippen LogP contribution in [0.1, 0.15) is 59.1 Å². The zero-order chi connectivity index (χ0) is 26.4. The number of aromatic nitrogens is 3. The Morgan fingerprint density at radius 2 is 1.78 bits per heavy atom. The van der Waals surface area contributed by atoms with Crippen molar-refractivity contribution in [3.63, 3.8) is 0 Å². The van der Waals surface area contributed by atoms with Crippen molar-refractivity contribution in [3.8, 4) is 0 Å². The van der Waals surface area contributed by atoms with E-state index in [0.29, 0.717) is 24.2 Å². The van der Waals surface area contributed by atoms with Crippen LogP contribution in [0.4, 0.5) is 5.69 Å². The molecule has 4 rings (SSSR count). The number of amides is 1. The Kier molecular flexibility index (Phi) is 9.27. The van der Waals surface area contributed by atoms with Crippen LogP contribution >= 0.6 is 15.9 Å². The van der Waals surface area contributed by atoms with Crippen molar-refractivity contribution in [3.05, 3.63) is 81.6 Å². The molecule has 0 radical (unpaired) electrons. The summed E-state index contributed by atoms with van der Waals surface area (Å²) in [5.41, 5.74) is 5.82. The van der Waals surface area contributed by atoms with Gasteiger partial charge in [-0.3, -0.25) is 9.78 Å². The number of piperidine rings is 1. The van der Waals surface area contributed by atoms with Gasteiger partial charge < -0.3 is 15.1 Å². The summed E-state index contributed by atoms with van der Waals surface area (Å²) in [7, 11) is 0. The lowest BCUT2D eigenvalue weighted by molar-refractivity contribution is 0.0943. The minimum absolute atomic E-state index is 0.0858. The van der Waals surface area contributed by atoms with Gasteiger partial charge in [0.1, 0.15) is 6.33 Å². The standard InChI is InChI=1S/C29H37BrN6O/c1-20-9-13-31-17-24(20)18-36(26-7-5-25(30)6-8-26)27-11-15-35(16-12-27)21(2)10-14-32-29(37)28-22(3)33-19-34-23(28)4/h5-9,13,17,19,21,27H,10-12,14-16,18H2,1-4H3,(H,32,37). The first kappa shape index (κ1) is 27.2. The van der Waals surface area contributed by atoms with Crippen LogP contribution in [0.3, 0.4) is 0 Å². The van der Waals surface area contributed by atoms with E-state index in [2.05, 4.69) is 90.2 Å². The van der Waals surface area contributed by atoms with Crippen molar-refractivity contribution < 1.29 is 4.79 Å². The molecule has 37 heavy (non-hydrogen) atoms. The smallest absolute Gasteiger partial charge is 0.254 e. The average molecular weight is 566 g/mol. The highest BCUT2D eigenvalue weighted by atomic mass is 79.9. The summed E-state index contributed by atoms with van der Waals surface area (Å²) in [6.07, 6.45) is 8.48. The lowest BCUT2D eigenvalue weighted by Gasteiger charge is -2.42. The van der Waals surface area contributed by atoms with Gasteiger partial charge in [-0.05, 0) is 88.4 Å². The van der Waals surface area contributed by atoms with Gasteiger partial charge in [0, 0.05) is 60.8 Å². The van der Waals surface area contributed by atoms with Crippen molar-refractivity contribution in [1.82, 2.24) is 25.2 Å². The molecule has 1 saturated heterocycles. The van der Waals surface area contributed by atoms with Crippen molar-refractivity contribution >= 4 is 27.5 Å². The summed E-state index contributed by atoms with van der Waals surface area (Å²) in [5, 5.41) is 3.07. The van der Waals surface area contributed by atoms with Crippen molar-refractivity contribution in [2.75, 3.05) is 24.5 Å². The average Bonchev–Trinajstić information content (AvgIpc) is 2.89. The Bertz CT molecular complexity index is 1170. The summed E-state index contributed by atoms with van der Waals surface area (Å²) in [5.74, 6) is -0.0858. The van der Waals surface area contributed by atoms with E-state index in [0.717, 1.165) is 54.8 Å². The zero-order valence-electron chi connectivity index (χ0n) is 22.2. The van der Waals surface area contributed by atoms with Crippen LogP contribution < -0.4 is 10.2 Å². The number of carbonyl (C=O) groups is 1. The molecule has 3 aromatic rings. The number of pyridine rings is 1. The third-order valence-corrected chi connectivity index (χ3v) is 8.04. The molecular weight excluding hydrogens is 528 g/mol. The van der Waals surface area contributed by atoms with E-state index in [1.807, 2.05) is 26.2 Å². The molecule has 196 valence electrons. The normalized spacial score (nSPS) is 15.4. The topological polar surface area (TPSA) is 74.2 Å². The molecule has 1 aliphatic rings. The van der Waals surface area contributed by atoms with Gasteiger partial charge in [0.2, 0.25) is 0 Å². The second-order valence-corrected chi connectivity index (χ2v) is 10.9. The summed E-state index contributed by atoms with van der Waals surface area (Å²) in [6.45, 7) is 11.7. The molecular formula is C29H37BrN6O. The van der Waals surface area contributed by atoms with E-state index in [4.69, 9.17) is 0 Å². The minimum atomic E-state index is -0.0858. The first-order chi connectivity index (χ1) is 17.8. The second-order valence-electron chi connectivity index (χ2n) is 9.99. The maximum Gasteiger partial charge on any atom is 0.254 e. The Morgan fingerprint density at radius 1 is 1.11 bits per heavy atom. The Hall–Kier alpha value is -2.84. The maximum atomic E-state index is 12.7. The first-order valence-electron chi connectivity index (χ1n) is 13.1. The van der Waals surface area contributed by atoms with Gasteiger partial charge in [0.05, 0.1) is 17.0 Å². The number of halogens is 1. The fourth-order valence-corrected chi connectivity index (χ4v) is 5.40. The molecule has 1 N–H and O–H groups in total. The van der Waals surface area contributed by atoms with Gasteiger partial charge in [0.25, 0.3) is 5.91 Å². The number of anilines is 1. The molecule has 0 spiro atoms. The fraction of sp³-hybridized carbons (Fsp3) is 0.448. The van der Waals surface area contributed by atoms with E-state index < -0.39 is 0 Å². The monoisotopic (exact) mass is 564 g/mol. The molecule has 0 saturated carbocycles. The van der Waals surface area contributed by atoms with Crippen LogP contribution in [0, 0.1) is 20.8 Å². The predicted molar refractivity (Wildman–Crippen MR) is 152 cm³/mol. The number of hydrogen-bond acceptors (Lipinski definition) is 6. The van der Waals surface area contributed by atoms with Gasteiger partial charge >= 0.3 is 0 Å². The molecule has 2 aromatic heterocycles. The second kappa shape index (κ2) is 12.6. The summed E-state index contributed by atoms with van der Waals surface area (Å²) in [6, 6.07) is 11.6. The molecule has 0 bridgehead atoms. The largest absolute Gasteiger partial charge is 0.364 e. The molecule has 0 aliphatic carbocycles.